The van der Waals surface area contributed by atoms with E-state index in [9.17, 15) is 0 Å². The lowest BCUT2D eigenvalue weighted by Crippen LogP contribution is -2.49. The van der Waals surface area contributed by atoms with Crippen molar-refractivity contribution in [3.05, 3.63) is 0 Å². The summed E-state index contributed by atoms with van der Waals surface area (Å²) in [6.07, 6.45) is 5.78. The van der Waals surface area contributed by atoms with Crippen molar-refractivity contribution >= 4 is 0 Å². The molecule has 0 aromatic carbocycles. The van der Waals surface area contributed by atoms with Crippen molar-refractivity contribution in [3.63, 3.8) is 0 Å². The zero-order valence-corrected chi connectivity index (χ0v) is 12.8. The average molecular weight is 270 g/mol. The van der Waals surface area contributed by atoms with Crippen LogP contribution in [0.15, 0.2) is 0 Å². The lowest BCUT2D eigenvalue weighted by molar-refractivity contribution is -0.150. The fourth-order valence-corrected chi connectivity index (χ4v) is 3.51. The van der Waals surface area contributed by atoms with Crippen LogP contribution in [0.2, 0.25) is 0 Å². The summed E-state index contributed by atoms with van der Waals surface area (Å²) < 4.78 is 11.6. The van der Waals surface area contributed by atoms with Gasteiger partial charge in [-0.3, -0.25) is 0 Å². The lowest BCUT2D eigenvalue weighted by atomic mass is 9.77. The minimum atomic E-state index is 0.119. The number of hydrogen-bond acceptors (Lipinski definition) is 4. The Morgan fingerprint density at radius 3 is 2.63 bits per heavy atom. The molecule has 0 aliphatic carbocycles. The van der Waals surface area contributed by atoms with Crippen molar-refractivity contribution in [2.75, 3.05) is 47.5 Å². The lowest BCUT2D eigenvalue weighted by Gasteiger charge is -2.45. The first-order valence-electron chi connectivity index (χ1n) is 7.69. The number of nitrogens with zero attached hydrogens (tertiary/aromatic N) is 1. The Hall–Kier alpha value is -0.160. The van der Waals surface area contributed by atoms with Crippen LogP contribution in [-0.2, 0) is 9.47 Å². The molecule has 1 spiro atoms. The average Bonchev–Trinajstić information content (AvgIpc) is 2.40. The molecule has 0 saturated carbocycles. The molecule has 2 rings (SSSR count). The SMILES string of the molecule is CNC(CCN(C)C)C1CCOC2(CCOCC2)C1. The summed E-state index contributed by atoms with van der Waals surface area (Å²) in [5.41, 5.74) is 0.119. The fourth-order valence-electron chi connectivity index (χ4n) is 3.51. The highest BCUT2D eigenvalue weighted by molar-refractivity contribution is 4.92. The minimum absolute atomic E-state index is 0.119. The van der Waals surface area contributed by atoms with Gasteiger partial charge in [0.25, 0.3) is 0 Å². The van der Waals surface area contributed by atoms with E-state index in [0.717, 1.165) is 45.1 Å². The largest absolute Gasteiger partial charge is 0.381 e. The van der Waals surface area contributed by atoms with E-state index < -0.39 is 0 Å². The summed E-state index contributed by atoms with van der Waals surface area (Å²) in [6, 6.07) is 0.617. The number of nitrogens with one attached hydrogen (secondary N) is 1. The molecule has 112 valence electrons. The molecule has 0 radical (unpaired) electrons. The molecular weight excluding hydrogens is 240 g/mol. The highest BCUT2D eigenvalue weighted by Crippen LogP contribution is 2.38. The van der Waals surface area contributed by atoms with Crippen molar-refractivity contribution < 1.29 is 9.47 Å². The Balaban J connectivity index is 1.90. The minimum Gasteiger partial charge on any atom is -0.381 e. The standard InChI is InChI=1S/C15H30N2O2/c1-16-14(4-8-17(2)3)13-5-9-19-15(12-13)6-10-18-11-7-15/h13-14,16H,4-12H2,1-3H3. The van der Waals surface area contributed by atoms with Crippen LogP contribution in [-0.4, -0.2) is 64.1 Å². The molecule has 2 heterocycles. The van der Waals surface area contributed by atoms with Crippen LogP contribution >= 0.6 is 0 Å². The second-order valence-corrected chi connectivity index (χ2v) is 6.38. The summed E-state index contributed by atoms with van der Waals surface area (Å²) in [4.78, 5) is 2.27. The molecule has 1 N–H and O–H groups in total. The molecule has 2 aliphatic rings. The van der Waals surface area contributed by atoms with Gasteiger partial charge in [0.2, 0.25) is 0 Å². The van der Waals surface area contributed by atoms with E-state index >= 15 is 0 Å². The number of ether oxygens (including phenoxy) is 2. The maximum Gasteiger partial charge on any atom is 0.0729 e. The van der Waals surface area contributed by atoms with Crippen molar-refractivity contribution in [1.82, 2.24) is 10.2 Å². The monoisotopic (exact) mass is 270 g/mol. The summed E-state index contributed by atoms with van der Waals surface area (Å²) >= 11 is 0. The van der Waals surface area contributed by atoms with Crippen LogP contribution in [0.5, 0.6) is 0 Å². The van der Waals surface area contributed by atoms with E-state index in [4.69, 9.17) is 9.47 Å². The molecule has 19 heavy (non-hydrogen) atoms. The van der Waals surface area contributed by atoms with Gasteiger partial charge in [-0.2, -0.15) is 0 Å². The molecule has 0 amide bonds. The van der Waals surface area contributed by atoms with Gasteiger partial charge in [0.05, 0.1) is 5.60 Å². The zero-order valence-electron chi connectivity index (χ0n) is 12.8. The molecule has 2 fully saturated rings. The maximum atomic E-state index is 6.14. The van der Waals surface area contributed by atoms with Gasteiger partial charge in [0.1, 0.15) is 0 Å². The van der Waals surface area contributed by atoms with Crippen LogP contribution in [0.25, 0.3) is 0 Å². The molecular formula is C15H30N2O2. The Labute approximate surface area is 117 Å². The first-order chi connectivity index (χ1) is 9.15. The third-order valence-corrected chi connectivity index (χ3v) is 4.76. The highest BCUT2D eigenvalue weighted by Gasteiger charge is 2.40. The van der Waals surface area contributed by atoms with E-state index in [0.29, 0.717) is 6.04 Å². The second kappa shape index (κ2) is 7.02. The smallest absolute Gasteiger partial charge is 0.0729 e. The first kappa shape index (κ1) is 15.2. The summed E-state index contributed by atoms with van der Waals surface area (Å²) in [5, 5.41) is 3.54. The molecule has 2 aliphatic heterocycles. The summed E-state index contributed by atoms with van der Waals surface area (Å²) in [6.45, 7) is 3.81. The molecule has 0 bridgehead atoms. The molecule has 4 nitrogen and oxygen atoms in total. The molecule has 2 saturated heterocycles. The number of rotatable bonds is 5. The van der Waals surface area contributed by atoms with E-state index in [-0.39, 0.29) is 5.60 Å². The quantitative estimate of drug-likeness (QED) is 0.821. The number of hydrogen-bond donors (Lipinski definition) is 1. The predicted octanol–water partition coefficient (Wildman–Crippen LogP) is 1.50. The predicted molar refractivity (Wildman–Crippen MR) is 77.5 cm³/mol. The van der Waals surface area contributed by atoms with Crippen LogP contribution in [0.1, 0.15) is 32.1 Å². The summed E-state index contributed by atoms with van der Waals surface area (Å²) in [5.74, 6) is 0.747. The van der Waals surface area contributed by atoms with Gasteiger partial charge in [0.15, 0.2) is 0 Å². The van der Waals surface area contributed by atoms with Crippen LogP contribution in [0.4, 0.5) is 0 Å². The van der Waals surface area contributed by atoms with E-state index in [1.54, 1.807) is 0 Å². The molecule has 0 aromatic heterocycles. The van der Waals surface area contributed by atoms with Crippen molar-refractivity contribution in [2.45, 2.75) is 43.7 Å². The van der Waals surface area contributed by atoms with Crippen LogP contribution < -0.4 is 5.32 Å². The molecule has 2 unspecified atom stereocenters. The van der Waals surface area contributed by atoms with Gasteiger partial charge >= 0.3 is 0 Å². The Morgan fingerprint density at radius 2 is 2.00 bits per heavy atom. The topological polar surface area (TPSA) is 33.7 Å². The van der Waals surface area contributed by atoms with E-state index in [1.165, 1.54) is 19.3 Å². The molecule has 4 heteroatoms. The maximum absolute atomic E-state index is 6.14. The van der Waals surface area contributed by atoms with Crippen LogP contribution in [0.3, 0.4) is 0 Å². The highest BCUT2D eigenvalue weighted by atomic mass is 16.5. The van der Waals surface area contributed by atoms with Crippen molar-refractivity contribution in [1.29, 1.82) is 0 Å². The van der Waals surface area contributed by atoms with Crippen molar-refractivity contribution in [2.24, 2.45) is 5.92 Å². The Bertz CT molecular complexity index is 259. The van der Waals surface area contributed by atoms with Gasteiger partial charge in [-0.25, -0.2) is 0 Å². The fraction of sp³-hybridized carbons (Fsp3) is 1.00. The van der Waals surface area contributed by atoms with Gasteiger partial charge < -0.3 is 19.7 Å². The Kier molecular flexibility index (Phi) is 5.63. The Morgan fingerprint density at radius 1 is 1.26 bits per heavy atom. The van der Waals surface area contributed by atoms with E-state index in [1.807, 2.05) is 0 Å². The van der Waals surface area contributed by atoms with Gasteiger partial charge in [-0.15, -0.1) is 0 Å². The molecule has 2 atom stereocenters. The van der Waals surface area contributed by atoms with Crippen molar-refractivity contribution in [3.8, 4) is 0 Å². The van der Waals surface area contributed by atoms with Gasteiger partial charge in [0, 0.05) is 25.9 Å². The van der Waals surface area contributed by atoms with Crippen LogP contribution in [0, 0.1) is 5.92 Å². The van der Waals surface area contributed by atoms with E-state index in [2.05, 4.69) is 31.4 Å². The van der Waals surface area contributed by atoms with Gasteiger partial charge in [-0.1, -0.05) is 0 Å². The molecule has 0 aromatic rings. The summed E-state index contributed by atoms with van der Waals surface area (Å²) in [7, 11) is 6.40. The van der Waals surface area contributed by atoms with Gasteiger partial charge in [-0.05, 0) is 65.7 Å². The third kappa shape index (κ3) is 4.15. The normalized spacial score (nSPS) is 28.7. The third-order valence-electron chi connectivity index (χ3n) is 4.76. The second-order valence-electron chi connectivity index (χ2n) is 6.38. The first-order valence-corrected chi connectivity index (χ1v) is 7.69. The zero-order chi connectivity index (χ0) is 13.7.